The Morgan fingerprint density at radius 2 is 2.27 bits per heavy atom. The lowest BCUT2D eigenvalue weighted by Gasteiger charge is -2.18. The van der Waals surface area contributed by atoms with Gasteiger partial charge in [-0.1, -0.05) is 15.9 Å². The minimum absolute atomic E-state index is 0.347. The molecule has 0 bridgehead atoms. The van der Waals surface area contributed by atoms with Gasteiger partial charge >= 0.3 is 6.09 Å². The highest BCUT2D eigenvalue weighted by molar-refractivity contribution is 9.10. The SMILES string of the molecule is CCOC(=O)N(C)c1ccc(Br)cc1N. The van der Waals surface area contributed by atoms with Crippen LogP contribution in [0.3, 0.4) is 0 Å². The maximum Gasteiger partial charge on any atom is 0.414 e. The topological polar surface area (TPSA) is 55.6 Å². The predicted molar refractivity (Wildman–Crippen MR) is 64.0 cm³/mol. The van der Waals surface area contributed by atoms with Crippen molar-refractivity contribution in [3.8, 4) is 0 Å². The molecule has 0 fully saturated rings. The number of nitrogens with two attached hydrogens (primary N) is 1. The summed E-state index contributed by atoms with van der Waals surface area (Å²) in [6.07, 6.45) is -0.411. The van der Waals surface area contributed by atoms with Gasteiger partial charge in [0.1, 0.15) is 0 Å². The van der Waals surface area contributed by atoms with Gasteiger partial charge in [0.2, 0.25) is 0 Å². The monoisotopic (exact) mass is 272 g/mol. The molecule has 0 spiro atoms. The fourth-order valence-electron chi connectivity index (χ4n) is 1.15. The van der Waals surface area contributed by atoms with E-state index in [1.54, 1.807) is 26.1 Å². The Balaban J connectivity index is 2.91. The number of hydrogen-bond acceptors (Lipinski definition) is 3. The van der Waals surface area contributed by atoms with Crippen molar-refractivity contribution in [3.63, 3.8) is 0 Å². The molecule has 0 aliphatic heterocycles. The van der Waals surface area contributed by atoms with Crippen LogP contribution in [0, 0.1) is 0 Å². The van der Waals surface area contributed by atoms with E-state index in [9.17, 15) is 4.79 Å². The fourth-order valence-corrected chi connectivity index (χ4v) is 1.53. The van der Waals surface area contributed by atoms with Crippen molar-refractivity contribution in [3.05, 3.63) is 22.7 Å². The van der Waals surface area contributed by atoms with Crippen LogP contribution in [0.4, 0.5) is 16.2 Å². The molecule has 15 heavy (non-hydrogen) atoms. The van der Waals surface area contributed by atoms with Crippen LogP contribution in [0.15, 0.2) is 22.7 Å². The number of amides is 1. The van der Waals surface area contributed by atoms with E-state index in [-0.39, 0.29) is 0 Å². The second-order valence-corrected chi connectivity index (χ2v) is 3.88. The summed E-state index contributed by atoms with van der Waals surface area (Å²) in [7, 11) is 1.62. The lowest BCUT2D eigenvalue weighted by Crippen LogP contribution is -2.27. The number of carbonyl (C=O) groups is 1. The molecule has 5 heteroatoms. The molecule has 0 aliphatic carbocycles. The first-order valence-corrected chi connectivity index (χ1v) is 5.31. The summed E-state index contributed by atoms with van der Waals surface area (Å²) in [4.78, 5) is 12.8. The minimum Gasteiger partial charge on any atom is -0.449 e. The number of hydrogen-bond donors (Lipinski definition) is 1. The first kappa shape index (κ1) is 11.8. The number of carbonyl (C=O) groups excluding carboxylic acids is 1. The molecule has 0 aliphatic rings. The summed E-state index contributed by atoms with van der Waals surface area (Å²) < 4.78 is 5.74. The van der Waals surface area contributed by atoms with Crippen LogP contribution in [0.5, 0.6) is 0 Å². The molecule has 2 N–H and O–H groups in total. The third-order valence-electron chi connectivity index (χ3n) is 1.89. The van der Waals surface area contributed by atoms with Gasteiger partial charge in [0, 0.05) is 11.5 Å². The average molecular weight is 273 g/mol. The highest BCUT2D eigenvalue weighted by Gasteiger charge is 2.13. The number of ether oxygens (including phenoxy) is 1. The van der Waals surface area contributed by atoms with Crippen molar-refractivity contribution in [1.82, 2.24) is 0 Å². The average Bonchev–Trinajstić information content (AvgIpc) is 2.17. The Kier molecular flexibility index (Phi) is 3.96. The van der Waals surface area contributed by atoms with Gasteiger partial charge in [-0.3, -0.25) is 4.90 Å². The van der Waals surface area contributed by atoms with Crippen LogP contribution < -0.4 is 10.6 Å². The molecule has 4 nitrogen and oxygen atoms in total. The van der Waals surface area contributed by atoms with E-state index in [4.69, 9.17) is 10.5 Å². The zero-order valence-electron chi connectivity index (χ0n) is 8.66. The number of anilines is 2. The van der Waals surface area contributed by atoms with Crippen molar-refractivity contribution < 1.29 is 9.53 Å². The van der Waals surface area contributed by atoms with Crippen LogP contribution in [-0.4, -0.2) is 19.7 Å². The molecule has 1 amide bonds. The molecule has 0 saturated carbocycles. The Bertz CT molecular complexity index is 368. The molecule has 1 rings (SSSR count). The lowest BCUT2D eigenvalue weighted by atomic mass is 10.2. The van der Waals surface area contributed by atoms with Crippen LogP contribution in [0.1, 0.15) is 6.92 Å². The van der Waals surface area contributed by atoms with Crippen LogP contribution >= 0.6 is 15.9 Å². The minimum atomic E-state index is -0.411. The molecule has 0 radical (unpaired) electrons. The van der Waals surface area contributed by atoms with Gasteiger partial charge in [-0.15, -0.1) is 0 Å². The normalized spacial score (nSPS) is 9.80. The molecule has 0 heterocycles. The number of rotatable bonds is 2. The Labute approximate surface area is 97.1 Å². The second kappa shape index (κ2) is 5.02. The summed E-state index contributed by atoms with van der Waals surface area (Å²) >= 11 is 3.30. The maximum atomic E-state index is 11.4. The maximum absolute atomic E-state index is 11.4. The van der Waals surface area contributed by atoms with Crippen LogP contribution in [0.2, 0.25) is 0 Å². The highest BCUT2D eigenvalue weighted by atomic mass is 79.9. The summed E-state index contributed by atoms with van der Waals surface area (Å²) in [5, 5.41) is 0. The summed E-state index contributed by atoms with van der Waals surface area (Å²) in [5.74, 6) is 0. The van der Waals surface area contributed by atoms with Crippen LogP contribution in [0.25, 0.3) is 0 Å². The van der Waals surface area contributed by atoms with Gasteiger partial charge < -0.3 is 10.5 Å². The molecule has 1 aromatic carbocycles. The molecule has 82 valence electrons. The Hall–Kier alpha value is -1.23. The van der Waals surface area contributed by atoms with Gasteiger partial charge in [-0.2, -0.15) is 0 Å². The Morgan fingerprint density at radius 3 is 2.80 bits per heavy atom. The molecular weight excluding hydrogens is 260 g/mol. The molecule has 0 unspecified atom stereocenters. The quantitative estimate of drug-likeness (QED) is 0.843. The second-order valence-electron chi connectivity index (χ2n) is 2.96. The fraction of sp³-hybridized carbons (Fsp3) is 0.300. The van der Waals surface area contributed by atoms with Gasteiger partial charge in [-0.25, -0.2) is 4.79 Å². The van der Waals surface area contributed by atoms with E-state index in [0.29, 0.717) is 18.0 Å². The number of nitrogen functional groups attached to an aromatic ring is 1. The van der Waals surface area contributed by atoms with E-state index in [0.717, 1.165) is 4.47 Å². The molecule has 1 aromatic rings. The number of benzene rings is 1. The van der Waals surface area contributed by atoms with Crippen molar-refractivity contribution >= 4 is 33.4 Å². The third-order valence-corrected chi connectivity index (χ3v) is 2.39. The smallest absolute Gasteiger partial charge is 0.414 e. The van der Waals surface area contributed by atoms with Crippen molar-refractivity contribution in [2.75, 3.05) is 24.3 Å². The molecular formula is C10H13BrN2O2. The molecule has 0 aromatic heterocycles. The molecule has 0 saturated heterocycles. The van der Waals surface area contributed by atoms with Crippen molar-refractivity contribution in [2.45, 2.75) is 6.92 Å². The van der Waals surface area contributed by atoms with Crippen molar-refractivity contribution in [1.29, 1.82) is 0 Å². The molecule has 0 atom stereocenters. The lowest BCUT2D eigenvalue weighted by molar-refractivity contribution is 0.161. The van der Waals surface area contributed by atoms with Crippen molar-refractivity contribution in [2.24, 2.45) is 0 Å². The third kappa shape index (κ3) is 2.86. The van der Waals surface area contributed by atoms with Gasteiger partial charge in [-0.05, 0) is 25.1 Å². The van der Waals surface area contributed by atoms with E-state index in [1.165, 1.54) is 4.90 Å². The van der Waals surface area contributed by atoms with E-state index in [2.05, 4.69) is 15.9 Å². The Morgan fingerprint density at radius 1 is 1.60 bits per heavy atom. The van der Waals surface area contributed by atoms with Gasteiger partial charge in [0.05, 0.1) is 18.0 Å². The number of halogens is 1. The van der Waals surface area contributed by atoms with E-state index >= 15 is 0 Å². The van der Waals surface area contributed by atoms with Gasteiger partial charge in [0.15, 0.2) is 0 Å². The van der Waals surface area contributed by atoms with Crippen LogP contribution in [-0.2, 0) is 4.74 Å². The number of nitrogens with zero attached hydrogens (tertiary/aromatic N) is 1. The standard InChI is InChI=1S/C10H13BrN2O2/c1-3-15-10(14)13(2)9-5-4-7(11)6-8(9)12/h4-6H,3,12H2,1-2H3. The first-order valence-electron chi connectivity index (χ1n) is 4.51. The van der Waals surface area contributed by atoms with E-state index in [1.807, 2.05) is 6.07 Å². The predicted octanol–water partition coefficient (Wildman–Crippen LogP) is 2.62. The summed E-state index contributed by atoms with van der Waals surface area (Å²) in [6.45, 7) is 2.11. The zero-order valence-corrected chi connectivity index (χ0v) is 10.2. The summed E-state index contributed by atoms with van der Waals surface area (Å²) in [5.41, 5.74) is 6.94. The van der Waals surface area contributed by atoms with Gasteiger partial charge in [0.25, 0.3) is 0 Å². The summed E-state index contributed by atoms with van der Waals surface area (Å²) in [6, 6.07) is 5.32. The highest BCUT2D eigenvalue weighted by Crippen LogP contribution is 2.26. The van der Waals surface area contributed by atoms with E-state index < -0.39 is 6.09 Å². The first-order chi connectivity index (χ1) is 7.06. The zero-order chi connectivity index (χ0) is 11.4. The largest absolute Gasteiger partial charge is 0.449 e.